The van der Waals surface area contributed by atoms with Crippen molar-refractivity contribution in [1.82, 2.24) is 0 Å². The van der Waals surface area contributed by atoms with Crippen LogP contribution in [0.3, 0.4) is 0 Å². The molecular weight excluding hydrogens is 727 g/mol. The Hall–Kier alpha value is -7.94. The molecule has 0 bridgehead atoms. The van der Waals surface area contributed by atoms with Gasteiger partial charge in [-0.25, -0.2) is 0 Å². The van der Waals surface area contributed by atoms with Gasteiger partial charge in [-0.3, -0.25) is 0 Å². The predicted molar refractivity (Wildman–Crippen MR) is 253 cm³/mol. The van der Waals surface area contributed by atoms with Gasteiger partial charge in [0.25, 0.3) is 0 Å². The summed E-state index contributed by atoms with van der Waals surface area (Å²) < 4.78 is 7.21. The van der Waals surface area contributed by atoms with E-state index in [1.807, 2.05) is 0 Å². The molecule has 0 aliphatic heterocycles. The maximum Gasteiger partial charge on any atom is 0.160 e. The van der Waals surface area contributed by atoms with E-state index in [9.17, 15) is 0 Å². The summed E-state index contributed by atoms with van der Waals surface area (Å²) in [5.41, 5.74) is 16.4. The quantitative estimate of drug-likeness (QED) is 0.153. The van der Waals surface area contributed by atoms with Gasteiger partial charge in [-0.05, 0) is 91.2 Å². The monoisotopic (exact) mass is 765 g/mol. The fraction of sp³-hybridized carbons (Fsp3) is 0. The molecule has 1 aromatic heterocycles. The summed E-state index contributed by atoms with van der Waals surface area (Å²) >= 11 is 0. The van der Waals surface area contributed by atoms with Gasteiger partial charge in [0.2, 0.25) is 0 Å². The molecule has 0 radical (unpaired) electrons. The standard InChI is InChI=1S/C58H39NO/c1-5-16-40(17-6-1)41-28-33-47(34-29-41)59(48-35-30-45(31-36-48)50-37-32-44-22-13-14-25-49(44)55(50)46-23-11-4-12-24-46)54-39-38-51(42-18-7-2-8-19-42)56-53-27-15-26-52(57(53)60-58(54)56)43-20-9-3-10-21-43/h1-39H. The molecule has 0 spiro atoms. The van der Waals surface area contributed by atoms with Crippen LogP contribution in [0.5, 0.6) is 0 Å². The Morgan fingerprint density at radius 3 is 1.42 bits per heavy atom. The highest BCUT2D eigenvalue weighted by Crippen LogP contribution is 2.48. The van der Waals surface area contributed by atoms with Gasteiger partial charge < -0.3 is 9.32 Å². The van der Waals surface area contributed by atoms with Crippen molar-refractivity contribution in [3.63, 3.8) is 0 Å². The Bertz CT molecular complexity index is 3260. The van der Waals surface area contributed by atoms with Gasteiger partial charge in [0.15, 0.2) is 5.58 Å². The molecule has 11 rings (SSSR count). The third-order valence-electron chi connectivity index (χ3n) is 11.7. The molecule has 0 aliphatic rings. The minimum absolute atomic E-state index is 0.840. The molecule has 0 saturated heterocycles. The van der Waals surface area contributed by atoms with Crippen LogP contribution in [0.25, 0.3) is 88.3 Å². The van der Waals surface area contributed by atoms with Crippen LogP contribution in [-0.2, 0) is 0 Å². The molecule has 2 nitrogen and oxygen atoms in total. The summed E-state index contributed by atoms with van der Waals surface area (Å²) in [7, 11) is 0. The molecule has 282 valence electrons. The average Bonchev–Trinajstić information content (AvgIpc) is 3.73. The zero-order valence-corrected chi connectivity index (χ0v) is 32.9. The van der Waals surface area contributed by atoms with Gasteiger partial charge in [-0.15, -0.1) is 0 Å². The second kappa shape index (κ2) is 15.1. The minimum atomic E-state index is 0.840. The van der Waals surface area contributed by atoms with Crippen molar-refractivity contribution < 1.29 is 4.42 Å². The Balaban J connectivity index is 1.13. The maximum absolute atomic E-state index is 7.21. The van der Waals surface area contributed by atoms with Gasteiger partial charge >= 0.3 is 0 Å². The van der Waals surface area contributed by atoms with E-state index in [-0.39, 0.29) is 0 Å². The van der Waals surface area contributed by atoms with Crippen molar-refractivity contribution in [3.8, 4) is 55.6 Å². The number of benzene rings is 10. The summed E-state index contributed by atoms with van der Waals surface area (Å²) in [4.78, 5) is 2.35. The van der Waals surface area contributed by atoms with Crippen LogP contribution in [0.4, 0.5) is 17.1 Å². The van der Waals surface area contributed by atoms with Crippen molar-refractivity contribution in [1.29, 1.82) is 0 Å². The second-order valence-electron chi connectivity index (χ2n) is 15.2. The van der Waals surface area contributed by atoms with E-state index in [0.717, 1.165) is 66.8 Å². The first-order chi connectivity index (χ1) is 29.8. The van der Waals surface area contributed by atoms with Crippen LogP contribution < -0.4 is 4.90 Å². The third-order valence-corrected chi connectivity index (χ3v) is 11.7. The van der Waals surface area contributed by atoms with Crippen LogP contribution >= 0.6 is 0 Å². The number of anilines is 3. The highest BCUT2D eigenvalue weighted by atomic mass is 16.3. The van der Waals surface area contributed by atoms with Crippen LogP contribution in [0.15, 0.2) is 241 Å². The van der Waals surface area contributed by atoms with Crippen molar-refractivity contribution in [3.05, 3.63) is 237 Å². The molecule has 0 aliphatic carbocycles. The SMILES string of the molecule is c1ccc(-c2ccc(N(c3ccc(-c4ccc5ccccc5c4-c4ccccc4)cc3)c3ccc(-c4ccccc4)c4c3oc3c(-c5ccccc5)cccc34)cc2)cc1. The molecular formula is C58H39NO. The first kappa shape index (κ1) is 35.2. The Labute approximate surface area is 349 Å². The summed E-state index contributed by atoms with van der Waals surface area (Å²) in [5, 5.41) is 4.65. The van der Waals surface area contributed by atoms with Crippen LogP contribution in [0.2, 0.25) is 0 Å². The molecule has 0 unspecified atom stereocenters. The minimum Gasteiger partial charge on any atom is -0.453 e. The second-order valence-corrected chi connectivity index (χ2v) is 15.2. The van der Waals surface area contributed by atoms with Gasteiger partial charge in [-0.1, -0.05) is 206 Å². The molecule has 0 fully saturated rings. The summed E-state index contributed by atoms with van der Waals surface area (Å²) in [6, 6.07) is 84.6. The summed E-state index contributed by atoms with van der Waals surface area (Å²) in [5.74, 6) is 0. The van der Waals surface area contributed by atoms with E-state index in [1.54, 1.807) is 0 Å². The maximum atomic E-state index is 7.21. The lowest BCUT2D eigenvalue weighted by molar-refractivity contribution is 0.670. The van der Waals surface area contributed by atoms with E-state index < -0.39 is 0 Å². The van der Waals surface area contributed by atoms with Gasteiger partial charge in [0, 0.05) is 27.7 Å². The fourth-order valence-corrected chi connectivity index (χ4v) is 8.85. The Morgan fingerprint density at radius 2 is 0.767 bits per heavy atom. The van der Waals surface area contributed by atoms with Crippen molar-refractivity contribution in [2.75, 3.05) is 4.90 Å². The predicted octanol–water partition coefficient (Wildman–Crippen LogP) is 16.5. The molecule has 60 heavy (non-hydrogen) atoms. The number of rotatable bonds is 8. The third kappa shape index (κ3) is 6.23. The fourth-order valence-electron chi connectivity index (χ4n) is 8.85. The lowest BCUT2D eigenvalue weighted by Crippen LogP contribution is -2.10. The van der Waals surface area contributed by atoms with Crippen molar-refractivity contribution in [2.45, 2.75) is 0 Å². The average molecular weight is 766 g/mol. The highest BCUT2D eigenvalue weighted by molar-refractivity contribution is 6.19. The van der Waals surface area contributed by atoms with E-state index in [4.69, 9.17) is 4.42 Å². The first-order valence-electron chi connectivity index (χ1n) is 20.5. The molecule has 10 aromatic carbocycles. The number of hydrogen-bond donors (Lipinski definition) is 0. The molecule has 1 heterocycles. The summed E-state index contributed by atoms with van der Waals surface area (Å²) in [6.07, 6.45) is 0. The topological polar surface area (TPSA) is 16.4 Å². The van der Waals surface area contributed by atoms with Crippen molar-refractivity contribution >= 4 is 49.8 Å². The number of furan rings is 1. The zero-order valence-electron chi connectivity index (χ0n) is 32.9. The number of nitrogens with zero attached hydrogens (tertiary/aromatic N) is 1. The molecule has 0 amide bonds. The zero-order chi connectivity index (χ0) is 39.8. The summed E-state index contributed by atoms with van der Waals surface area (Å²) in [6.45, 7) is 0. The van der Waals surface area contributed by atoms with E-state index in [2.05, 4.69) is 241 Å². The number of para-hydroxylation sites is 1. The Kier molecular flexibility index (Phi) is 8.87. The molecule has 0 atom stereocenters. The Morgan fingerprint density at radius 1 is 0.283 bits per heavy atom. The van der Waals surface area contributed by atoms with E-state index in [0.29, 0.717) is 0 Å². The largest absolute Gasteiger partial charge is 0.453 e. The molecule has 2 heteroatoms. The van der Waals surface area contributed by atoms with E-state index >= 15 is 0 Å². The number of hydrogen-bond acceptors (Lipinski definition) is 2. The van der Waals surface area contributed by atoms with Gasteiger partial charge in [-0.2, -0.15) is 0 Å². The van der Waals surface area contributed by atoms with Gasteiger partial charge in [0.1, 0.15) is 5.58 Å². The normalized spacial score (nSPS) is 11.3. The lowest BCUT2D eigenvalue weighted by Gasteiger charge is -2.26. The van der Waals surface area contributed by atoms with Gasteiger partial charge in [0.05, 0.1) is 5.69 Å². The van der Waals surface area contributed by atoms with Crippen LogP contribution in [0, 0.1) is 0 Å². The highest BCUT2D eigenvalue weighted by Gasteiger charge is 2.24. The first-order valence-corrected chi connectivity index (χ1v) is 20.5. The van der Waals surface area contributed by atoms with Crippen LogP contribution in [-0.4, -0.2) is 0 Å². The van der Waals surface area contributed by atoms with Crippen molar-refractivity contribution in [2.24, 2.45) is 0 Å². The number of fused-ring (bicyclic) bond motifs is 4. The molecule has 0 N–H and O–H groups in total. The van der Waals surface area contributed by atoms with Crippen LogP contribution in [0.1, 0.15) is 0 Å². The molecule has 0 saturated carbocycles. The lowest BCUT2D eigenvalue weighted by atomic mass is 9.90. The smallest absolute Gasteiger partial charge is 0.160 e. The molecule has 11 aromatic rings. The van der Waals surface area contributed by atoms with E-state index in [1.165, 1.54) is 38.6 Å².